The maximum Gasteiger partial charge on any atom is 0.0460 e. The fraction of sp³-hybridized carbons (Fsp3) is 0.684. The van der Waals surface area contributed by atoms with Gasteiger partial charge < -0.3 is 15.3 Å². The normalized spacial score (nSPS) is 19.2. The second-order valence-corrected chi connectivity index (χ2v) is 6.83. The van der Waals surface area contributed by atoms with Crippen LogP contribution in [0.1, 0.15) is 45.6 Å². The van der Waals surface area contributed by atoms with E-state index in [1.165, 1.54) is 17.7 Å². The van der Waals surface area contributed by atoms with Gasteiger partial charge >= 0.3 is 0 Å². The Morgan fingerprint density at radius 2 is 1.82 bits per heavy atom. The van der Waals surface area contributed by atoms with E-state index in [1.54, 1.807) is 0 Å². The van der Waals surface area contributed by atoms with Crippen LogP contribution in [0.15, 0.2) is 24.3 Å². The van der Waals surface area contributed by atoms with E-state index in [0.29, 0.717) is 24.5 Å². The second kappa shape index (κ2) is 8.54. The average molecular weight is 304 g/mol. The van der Waals surface area contributed by atoms with Crippen molar-refractivity contribution in [3.05, 3.63) is 29.8 Å². The molecule has 0 aliphatic carbocycles. The summed E-state index contributed by atoms with van der Waals surface area (Å²) in [5.41, 5.74) is 2.67. The molecule has 2 N–H and O–H groups in total. The molecule has 2 unspecified atom stereocenters. The van der Waals surface area contributed by atoms with Gasteiger partial charge in [0, 0.05) is 38.0 Å². The first-order chi connectivity index (χ1) is 10.6. The van der Waals surface area contributed by atoms with Gasteiger partial charge in [0.15, 0.2) is 0 Å². The summed E-state index contributed by atoms with van der Waals surface area (Å²) >= 11 is 0. The highest BCUT2D eigenvalue weighted by Gasteiger charge is 2.18. The summed E-state index contributed by atoms with van der Waals surface area (Å²) < 4.78 is 0. The monoisotopic (exact) mass is 304 g/mol. The molecule has 0 saturated carbocycles. The van der Waals surface area contributed by atoms with Crippen molar-refractivity contribution in [2.45, 2.75) is 52.6 Å². The quantitative estimate of drug-likeness (QED) is 0.810. The van der Waals surface area contributed by atoms with Crippen molar-refractivity contribution in [1.29, 1.82) is 0 Å². The highest BCUT2D eigenvalue weighted by atomic mass is 16.3. The third-order valence-corrected chi connectivity index (χ3v) is 5.30. The number of piperidine rings is 1. The summed E-state index contributed by atoms with van der Waals surface area (Å²) in [7, 11) is 0. The summed E-state index contributed by atoms with van der Waals surface area (Å²) in [6.45, 7) is 10.2. The van der Waals surface area contributed by atoms with Crippen molar-refractivity contribution in [2.24, 2.45) is 11.8 Å². The van der Waals surface area contributed by atoms with Crippen LogP contribution < -0.4 is 10.2 Å². The lowest BCUT2D eigenvalue weighted by Crippen LogP contribution is -2.34. The van der Waals surface area contributed by atoms with Crippen LogP contribution in [-0.4, -0.2) is 30.8 Å². The van der Waals surface area contributed by atoms with Crippen LogP contribution in [0.3, 0.4) is 0 Å². The fourth-order valence-corrected chi connectivity index (χ4v) is 3.03. The Morgan fingerprint density at radius 3 is 2.36 bits per heavy atom. The zero-order valence-corrected chi connectivity index (χ0v) is 14.4. The average Bonchev–Trinajstić information content (AvgIpc) is 2.59. The number of nitrogens with one attached hydrogen (secondary N) is 1. The fourth-order valence-electron chi connectivity index (χ4n) is 3.03. The van der Waals surface area contributed by atoms with E-state index in [4.69, 9.17) is 0 Å². The molecule has 3 heteroatoms. The molecule has 1 aromatic rings. The van der Waals surface area contributed by atoms with Crippen molar-refractivity contribution < 1.29 is 5.11 Å². The SMILES string of the molecule is CCC(C)C(C)NCc1ccc(N2CCC(CO)CC2)cc1. The van der Waals surface area contributed by atoms with Gasteiger partial charge in [0.05, 0.1) is 0 Å². The third kappa shape index (κ3) is 4.72. The molecular weight excluding hydrogens is 272 g/mol. The number of rotatable bonds is 7. The van der Waals surface area contributed by atoms with Crippen LogP contribution in [-0.2, 0) is 6.54 Å². The zero-order chi connectivity index (χ0) is 15.9. The van der Waals surface area contributed by atoms with Gasteiger partial charge in [0.25, 0.3) is 0 Å². The van der Waals surface area contributed by atoms with Crippen molar-refractivity contribution in [2.75, 3.05) is 24.6 Å². The van der Waals surface area contributed by atoms with Crippen LogP contribution in [0, 0.1) is 11.8 Å². The predicted octanol–water partition coefficient (Wildman–Crippen LogP) is 3.42. The minimum absolute atomic E-state index is 0.340. The molecule has 1 aliphatic heterocycles. The van der Waals surface area contributed by atoms with Gasteiger partial charge in [-0.3, -0.25) is 0 Å². The van der Waals surface area contributed by atoms with Gasteiger partial charge in [0.2, 0.25) is 0 Å². The number of hydrogen-bond donors (Lipinski definition) is 2. The lowest BCUT2D eigenvalue weighted by molar-refractivity contribution is 0.203. The molecule has 1 heterocycles. The number of aliphatic hydroxyl groups is 1. The van der Waals surface area contributed by atoms with Crippen LogP contribution in [0.2, 0.25) is 0 Å². The Morgan fingerprint density at radius 1 is 1.18 bits per heavy atom. The van der Waals surface area contributed by atoms with Gasteiger partial charge in [-0.05, 0) is 49.3 Å². The Balaban J connectivity index is 1.83. The number of anilines is 1. The molecule has 1 saturated heterocycles. The number of nitrogens with zero attached hydrogens (tertiary/aromatic N) is 1. The highest BCUT2D eigenvalue weighted by Crippen LogP contribution is 2.23. The Kier molecular flexibility index (Phi) is 6.71. The van der Waals surface area contributed by atoms with E-state index in [9.17, 15) is 5.11 Å². The Labute approximate surface area is 135 Å². The van der Waals surface area contributed by atoms with E-state index in [-0.39, 0.29) is 0 Å². The molecule has 22 heavy (non-hydrogen) atoms. The molecule has 0 amide bonds. The molecule has 124 valence electrons. The standard InChI is InChI=1S/C19H32N2O/c1-4-15(2)16(3)20-13-17-5-7-19(8-6-17)21-11-9-18(14-22)10-12-21/h5-8,15-16,18,20,22H,4,9-14H2,1-3H3. The van der Waals surface area contributed by atoms with Crippen molar-refractivity contribution >= 4 is 5.69 Å². The molecule has 2 atom stereocenters. The molecule has 1 aliphatic rings. The predicted molar refractivity (Wildman–Crippen MR) is 94.2 cm³/mol. The minimum atomic E-state index is 0.340. The van der Waals surface area contributed by atoms with Gasteiger partial charge in [0.1, 0.15) is 0 Å². The molecule has 0 aromatic heterocycles. The summed E-state index contributed by atoms with van der Waals surface area (Å²) in [5.74, 6) is 1.22. The van der Waals surface area contributed by atoms with E-state index >= 15 is 0 Å². The van der Waals surface area contributed by atoms with Crippen molar-refractivity contribution in [3.8, 4) is 0 Å². The van der Waals surface area contributed by atoms with Gasteiger partial charge in [-0.1, -0.05) is 32.4 Å². The van der Waals surface area contributed by atoms with E-state index in [1.807, 2.05) is 0 Å². The molecule has 2 rings (SSSR count). The first-order valence-corrected chi connectivity index (χ1v) is 8.82. The topological polar surface area (TPSA) is 35.5 Å². The second-order valence-electron chi connectivity index (χ2n) is 6.83. The molecule has 3 nitrogen and oxygen atoms in total. The molecule has 1 fully saturated rings. The van der Waals surface area contributed by atoms with Gasteiger partial charge in [-0.2, -0.15) is 0 Å². The van der Waals surface area contributed by atoms with E-state index < -0.39 is 0 Å². The molecule has 1 aromatic carbocycles. The number of benzene rings is 1. The first kappa shape index (κ1) is 17.3. The first-order valence-electron chi connectivity index (χ1n) is 8.82. The summed E-state index contributed by atoms with van der Waals surface area (Å²) in [4.78, 5) is 2.44. The minimum Gasteiger partial charge on any atom is -0.396 e. The maximum absolute atomic E-state index is 9.22. The molecule has 0 bridgehead atoms. The van der Waals surface area contributed by atoms with Crippen molar-refractivity contribution in [1.82, 2.24) is 5.32 Å². The van der Waals surface area contributed by atoms with Crippen LogP contribution >= 0.6 is 0 Å². The van der Waals surface area contributed by atoms with Gasteiger partial charge in [-0.25, -0.2) is 0 Å². The largest absolute Gasteiger partial charge is 0.396 e. The van der Waals surface area contributed by atoms with Gasteiger partial charge in [-0.15, -0.1) is 0 Å². The molecule has 0 spiro atoms. The lowest BCUT2D eigenvalue weighted by atomic mass is 9.97. The van der Waals surface area contributed by atoms with Crippen LogP contribution in [0.25, 0.3) is 0 Å². The molecule has 0 radical (unpaired) electrons. The smallest absolute Gasteiger partial charge is 0.0460 e. The Hall–Kier alpha value is -1.06. The Bertz CT molecular complexity index is 424. The van der Waals surface area contributed by atoms with E-state index in [0.717, 1.165) is 32.5 Å². The number of aliphatic hydroxyl groups excluding tert-OH is 1. The van der Waals surface area contributed by atoms with Crippen LogP contribution in [0.5, 0.6) is 0 Å². The lowest BCUT2D eigenvalue weighted by Gasteiger charge is -2.33. The van der Waals surface area contributed by atoms with Crippen molar-refractivity contribution in [3.63, 3.8) is 0 Å². The zero-order valence-electron chi connectivity index (χ0n) is 14.4. The van der Waals surface area contributed by atoms with E-state index in [2.05, 4.69) is 55.3 Å². The molecular formula is C19H32N2O. The summed E-state index contributed by atoms with van der Waals surface area (Å²) in [6.07, 6.45) is 3.43. The van der Waals surface area contributed by atoms with Crippen LogP contribution in [0.4, 0.5) is 5.69 Å². The summed E-state index contributed by atoms with van der Waals surface area (Å²) in [6, 6.07) is 9.52. The highest BCUT2D eigenvalue weighted by molar-refractivity contribution is 5.48. The third-order valence-electron chi connectivity index (χ3n) is 5.30. The number of hydrogen-bond acceptors (Lipinski definition) is 3. The maximum atomic E-state index is 9.22. The summed E-state index contributed by atoms with van der Waals surface area (Å²) in [5, 5.41) is 12.8.